The average Bonchev–Trinajstić information content (AvgIpc) is 2.35. The van der Waals surface area contributed by atoms with E-state index in [2.05, 4.69) is 10.1 Å². The molecular weight excluding hydrogens is 257 g/mol. The average molecular weight is 271 g/mol. The summed E-state index contributed by atoms with van der Waals surface area (Å²) in [4.78, 5) is 22.8. The van der Waals surface area contributed by atoms with Crippen LogP contribution in [0.25, 0.3) is 0 Å². The summed E-state index contributed by atoms with van der Waals surface area (Å²) in [6.07, 6.45) is 0. The summed E-state index contributed by atoms with van der Waals surface area (Å²) < 4.78 is 17.1. The summed E-state index contributed by atoms with van der Waals surface area (Å²) in [5.74, 6) is -2.87. The second kappa shape index (κ2) is 5.66. The molecule has 7 heteroatoms. The van der Waals surface area contributed by atoms with Gasteiger partial charge in [0.1, 0.15) is 11.6 Å². The number of carbonyl (C=O) groups is 2. The van der Waals surface area contributed by atoms with Crippen LogP contribution in [-0.4, -0.2) is 41.3 Å². The van der Waals surface area contributed by atoms with E-state index in [-0.39, 0.29) is 5.56 Å². The standard InChI is InChI=1S/C12H14FNO5/c1-12(18,11(17)19-2)6-14-10(16)8-4-3-7(13)5-9(8)15/h3-5,15,18H,6H2,1-2H3,(H,14,16). The first-order chi connectivity index (χ1) is 8.77. The van der Waals surface area contributed by atoms with Crippen LogP contribution in [-0.2, 0) is 9.53 Å². The van der Waals surface area contributed by atoms with E-state index in [1.165, 1.54) is 6.92 Å². The fourth-order valence-corrected chi connectivity index (χ4v) is 1.34. The minimum absolute atomic E-state index is 0.165. The molecule has 0 saturated heterocycles. The first-order valence-electron chi connectivity index (χ1n) is 5.35. The van der Waals surface area contributed by atoms with E-state index in [0.29, 0.717) is 0 Å². The Balaban J connectivity index is 2.73. The van der Waals surface area contributed by atoms with Crippen LogP contribution in [0.1, 0.15) is 17.3 Å². The molecule has 1 aromatic rings. The lowest BCUT2D eigenvalue weighted by Crippen LogP contribution is -2.47. The van der Waals surface area contributed by atoms with Gasteiger partial charge < -0.3 is 20.3 Å². The van der Waals surface area contributed by atoms with Crippen LogP contribution in [0, 0.1) is 5.82 Å². The van der Waals surface area contributed by atoms with E-state index >= 15 is 0 Å². The molecule has 1 aromatic carbocycles. The van der Waals surface area contributed by atoms with Gasteiger partial charge in [-0.1, -0.05) is 0 Å². The van der Waals surface area contributed by atoms with Gasteiger partial charge in [-0.3, -0.25) is 4.79 Å². The number of methoxy groups -OCH3 is 1. The Morgan fingerprint density at radius 2 is 2.11 bits per heavy atom. The number of benzene rings is 1. The van der Waals surface area contributed by atoms with Crippen molar-refractivity contribution < 1.29 is 28.9 Å². The number of hydrogen-bond acceptors (Lipinski definition) is 5. The number of aliphatic hydroxyl groups is 1. The molecule has 0 fully saturated rings. The van der Waals surface area contributed by atoms with Crippen molar-refractivity contribution in [3.8, 4) is 5.75 Å². The third-order valence-corrected chi connectivity index (χ3v) is 2.42. The molecule has 0 saturated carbocycles. The summed E-state index contributed by atoms with van der Waals surface area (Å²) >= 11 is 0. The first kappa shape index (κ1) is 14.9. The molecule has 0 aliphatic rings. The topological polar surface area (TPSA) is 95.9 Å². The number of hydrogen-bond donors (Lipinski definition) is 3. The van der Waals surface area contributed by atoms with Crippen molar-refractivity contribution >= 4 is 11.9 Å². The fraction of sp³-hybridized carbons (Fsp3) is 0.333. The molecule has 0 bridgehead atoms. The quantitative estimate of drug-likeness (QED) is 0.679. The molecule has 0 heterocycles. The molecule has 104 valence electrons. The van der Waals surface area contributed by atoms with E-state index in [0.717, 1.165) is 25.3 Å². The first-order valence-corrected chi connectivity index (χ1v) is 5.35. The van der Waals surface area contributed by atoms with E-state index in [9.17, 15) is 24.2 Å². The smallest absolute Gasteiger partial charge is 0.339 e. The summed E-state index contributed by atoms with van der Waals surface area (Å²) in [7, 11) is 1.10. The van der Waals surface area contributed by atoms with Crippen LogP contribution in [0.2, 0.25) is 0 Å². The van der Waals surface area contributed by atoms with E-state index < -0.39 is 35.6 Å². The summed E-state index contributed by atoms with van der Waals surface area (Å²) in [6, 6.07) is 2.88. The highest BCUT2D eigenvalue weighted by molar-refractivity contribution is 5.97. The SMILES string of the molecule is COC(=O)C(C)(O)CNC(=O)c1ccc(F)cc1O. The zero-order chi connectivity index (χ0) is 14.6. The molecule has 0 radical (unpaired) electrons. The Morgan fingerprint density at radius 3 is 2.63 bits per heavy atom. The molecule has 1 atom stereocenters. The molecule has 1 unspecified atom stereocenters. The monoisotopic (exact) mass is 271 g/mol. The van der Waals surface area contributed by atoms with Gasteiger partial charge in [0.2, 0.25) is 0 Å². The minimum atomic E-state index is -1.89. The number of phenolic OH excluding ortho intramolecular Hbond substituents is 1. The number of rotatable bonds is 4. The Labute approximate surface area is 108 Å². The summed E-state index contributed by atoms with van der Waals surface area (Å²) in [6.45, 7) is 0.763. The second-order valence-corrected chi connectivity index (χ2v) is 4.11. The molecule has 0 aliphatic carbocycles. The normalized spacial score (nSPS) is 13.5. The number of nitrogens with one attached hydrogen (secondary N) is 1. The van der Waals surface area contributed by atoms with E-state index in [1.54, 1.807) is 0 Å². The fourth-order valence-electron chi connectivity index (χ4n) is 1.34. The van der Waals surface area contributed by atoms with Crippen molar-refractivity contribution in [3.63, 3.8) is 0 Å². The number of ether oxygens (including phenoxy) is 1. The number of halogens is 1. The van der Waals surface area contributed by atoms with Gasteiger partial charge in [-0.15, -0.1) is 0 Å². The maximum Gasteiger partial charge on any atom is 0.339 e. The zero-order valence-corrected chi connectivity index (χ0v) is 10.4. The molecular formula is C12H14FNO5. The molecule has 1 amide bonds. The Morgan fingerprint density at radius 1 is 1.47 bits per heavy atom. The molecule has 0 spiro atoms. The Kier molecular flexibility index (Phi) is 4.44. The van der Waals surface area contributed by atoms with Crippen LogP contribution in [0.5, 0.6) is 5.75 Å². The van der Waals surface area contributed by atoms with Gasteiger partial charge in [0.25, 0.3) is 5.91 Å². The van der Waals surface area contributed by atoms with Gasteiger partial charge in [-0.25, -0.2) is 9.18 Å². The third-order valence-electron chi connectivity index (χ3n) is 2.42. The highest BCUT2D eigenvalue weighted by atomic mass is 19.1. The molecule has 6 nitrogen and oxygen atoms in total. The molecule has 3 N–H and O–H groups in total. The van der Waals surface area contributed by atoms with Crippen molar-refractivity contribution in [1.82, 2.24) is 5.32 Å². The summed E-state index contributed by atoms with van der Waals surface area (Å²) in [5.41, 5.74) is -2.05. The highest BCUT2D eigenvalue weighted by Crippen LogP contribution is 2.18. The van der Waals surface area contributed by atoms with Crippen molar-refractivity contribution in [1.29, 1.82) is 0 Å². The van der Waals surface area contributed by atoms with Gasteiger partial charge in [-0.2, -0.15) is 0 Å². The van der Waals surface area contributed by atoms with Crippen molar-refractivity contribution in [2.24, 2.45) is 0 Å². The van der Waals surface area contributed by atoms with Crippen LogP contribution < -0.4 is 5.32 Å². The number of esters is 1. The molecule has 19 heavy (non-hydrogen) atoms. The zero-order valence-electron chi connectivity index (χ0n) is 10.4. The van der Waals surface area contributed by atoms with Gasteiger partial charge >= 0.3 is 5.97 Å². The van der Waals surface area contributed by atoms with Crippen LogP contribution in [0.3, 0.4) is 0 Å². The third kappa shape index (κ3) is 3.65. The second-order valence-electron chi connectivity index (χ2n) is 4.11. The van der Waals surface area contributed by atoms with Crippen molar-refractivity contribution in [3.05, 3.63) is 29.6 Å². The predicted molar refractivity (Wildman–Crippen MR) is 63.0 cm³/mol. The maximum atomic E-state index is 12.7. The summed E-state index contributed by atoms with van der Waals surface area (Å²) in [5, 5.41) is 21.3. The van der Waals surface area contributed by atoms with Crippen LogP contribution in [0.15, 0.2) is 18.2 Å². The van der Waals surface area contributed by atoms with E-state index in [1.807, 2.05) is 0 Å². The maximum absolute atomic E-state index is 12.7. The van der Waals surface area contributed by atoms with Crippen molar-refractivity contribution in [2.75, 3.05) is 13.7 Å². The number of aromatic hydroxyl groups is 1. The molecule has 0 aliphatic heterocycles. The lowest BCUT2D eigenvalue weighted by molar-refractivity contribution is -0.159. The van der Waals surface area contributed by atoms with Crippen LogP contribution >= 0.6 is 0 Å². The van der Waals surface area contributed by atoms with Gasteiger partial charge in [0.15, 0.2) is 5.60 Å². The molecule has 0 aromatic heterocycles. The minimum Gasteiger partial charge on any atom is -0.507 e. The Bertz CT molecular complexity index is 501. The van der Waals surface area contributed by atoms with E-state index in [4.69, 9.17) is 0 Å². The largest absolute Gasteiger partial charge is 0.507 e. The van der Waals surface area contributed by atoms with Crippen molar-refractivity contribution in [2.45, 2.75) is 12.5 Å². The Hall–Kier alpha value is -2.15. The lowest BCUT2D eigenvalue weighted by atomic mass is 10.1. The highest BCUT2D eigenvalue weighted by Gasteiger charge is 2.32. The molecule has 1 rings (SSSR count). The lowest BCUT2D eigenvalue weighted by Gasteiger charge is -2.20. The van der Waals surface area contributed by atoms with Crippen LogP contribution in [0.4, 0.5) is 4.39 Å². The number of carbonyl (C=O) groups excluding carboxylic acids is 2. The predicted octanol–water partition coefficient (Wildman–Crippen LogP) is 0.185. The van der Waals surface area contributed by atoms with Gasteiger partial charge in [-0.05, 0) is 19.1 Å². The van der Waals surface area contributed by atoms with Gasteiger partial charge in [0.05, 0.1) is 19.2 Å². The number of amides is 1. The van der Waals surface area contributed by atoms with Gasteiger partial charge in [0, 0.05) is 6.07 Å². The number of phenols is 1.